The van der Waals surface area contributed by atoms with E-state index in [0.29, 0.717) is 12.5 Å². The number of amides is 2. The van der Waals surface area contributed by atoms with Gasteiger partial charge in [0.05, 0.1) is 0 Å². The summed E-state index contributed by atoms with van der Waals surface area (Å²) in [6, 6.07) is 2.13. The van der Waals surface area contributed by atoms with Crippen LogP contribution < -0.4 is 10.6 Å². The largest absolute Gasteiger partial charge is 0.396 e. The minimum Gasteiger partial charge on any atom is -0.396 e. The van der Waals surface area contributed by atoms with Gasteiger partial charge in [-0.3, -0.25) is 9.59 Å². The second kappa shape index (κ2) is 6.45. The van der Waals surface area contributed by atoms with Gasteiger partial charge < -0.3 is 15.7 Å². The van der Waals surface area contributed by atoms with Gasteiger partial charge >= 0.3 is 11.8 Å². The number of carbonyl (C=O) groups is 2. The maximum atomic E-state index is 13.0. The van der Waals surface area contributed by atoms with Crippen molar-refractivity contribution in [2.24, 2.45) is 5.92 Å². The number of rotatable bonds is 3. The highest BCUT2D eigenvalue weighted by Crippen LogP contribution is 2.17. The first kappa shape index (κ1) is 15.1. The van der Waals surface area contributed by atoms with E-state index in [2.05, 4.69) is 10.6 Å². The third-order valence-corrected chi connectivity index (χ3v) is 3.05. The molecule has 0 saturated carbocycles. The molecule has 1 aliphatic carbocycles. The summed E-state index contributed by atoms with van der Waals surface area (Å²) in [6.45, 7) is -0.0301. The van der Waals surface area contributed by atoms with Gasteiger partial charge in [-0.05, 0) is 18.6 Å². The van der Waals surface area contributed by atoms with Crippen LogP contribution in [0.5, 0.6) is 0 Å². The molecule has 21 heavy (non-hydrogen) atoms. The molecule has 0 aromatic heterocycles. The number of halogens is 2. The van der Waals surface area contributed by atoms with Crippen LogP contribution in [-0.2, 0) is 9.59 Å². The van der Waals surface area contributed by atoms with E-state index in [1.807, 2.05) is 0 Å². The second-order valence-electron chi connectivity index (χ2n) is 4.76. The van der Waals surface area contributed by atoms with Crippen molar-refractivity contribution in [2.75, 3.05) is 11.9 Å². The van der Waals surface area contributed by atoms with Gasteiger partial charge in [-0.15, -0.1) is 0 Å². The maximum Gasteiger partial charge on any atom is 0.313 e. The predicted octanol–water partition coefficient (Wildman–Crippen LogP) is 0.957. The molecule has 2 rings (SSSR count). The molecular formula is C14H14F2N2O3. The summed E-state index contributed by atoms with van der Waals surface area (Å²) < 4.78 is 25.9. The lowest BCUT2D eigenvalue weighted by Crippen LogP contribution is -2.40. The normalized spacial score (nSPS) is 20.3. The smallest absolute Gasteiger partial charge is 0.313 e. The van der Waals surface area contributed by atoms with Crippen LogP contribution >= 0.6 is 0 Å². The molecule has 0 aliphatic heterocycles. The van der Waals surface area contributed by atoms with Gasteiger partial charge in [0.25, 0.3) is 0 Å². The summed E-state index contributed by atoms with van der Waals surface area (Å²) in [7, 11) is 0. The van der Waals surface area contributed by atoms with Crippen molar-refractivity contribution in [1.29, 1.82) is 0 Å². The Morgan fingerprint density at radius 3 is 2.38 bits per heavy atom. The lowest BCUT2D eigenvalue weighted by atomic mass is 10.1. The maximum absolute atomic E-state index is 13.0. The Morgan fingerprint density at radius 2 is 1.81 bits per heavy atom. The molecule has 0 radical (unpaired) electrons. The van der Waals surface area contributed by atoms with Crippen LogP contribution in [-0.4, -0.2) is 29.6 Å². The monoisotopic (exact) mass is 296 g/mol. The molecule has 1 aliphatic rings. The topological polar surface area (TPSA) is 78.4 Å². The minimum absolute atomic E-state index is 0.0301. The van der Waals surface area contributed by atoms with E-state index >= 15 is 0 Å². The Kier molecular flexibility index (Phi) is 4.64. The second-order valence-corrected chi connectivity index (χ2v) is 4.76. The first-order chi connectivity index (χ1) is 9.97. The Morgan fingerprint density at radius 1 is 1.14 bits per heavy atom. The summed E-state index contributed by atoms with van der Waals surface area (Å²) in [5.41, 5.74) is -0.136. The predicted molar refractivity (Wildman–Crippen MR) is 71.3 cm³/mol. The van der Waals surface area contributed by atoms with Crippen LogP contribution in [0.2, 0.25) is 0 Å². The summed E-state index contributed by atoms with van der Waals surface area (Å²) in [4.78, 5) is 23.3. The fourth-order valence-corrected chi connectivity index (χ4v) is 2.06. The van der Waals surface area contributed by atoms with Crippen molar-refractivity contribution >= 4 is 17.5 Å². The van der Waals surface area contributed by atoms with Crippen LogP contribution in [0.4, 0.5) is 14.5 Å². The van der Waals surface area contributed by atoms with Crippen molar-refractivity contribution in [3.05, 3.63) is 42.0 Å². The fraction of sp³-hybridized carbons (Fsp3) is 0.286. The number of hydrogen-bond donors (Lipinski definition) is 3. The highest BCUT2D eigenvalue weighted by atomic mass is 19.1. The standard InChI is InChI=1S/C14H14F2N2O3/c15-9-4-10(16)6-12(5-9)18-14(21)13(20)17-11-2-1-8(3-11)7-19/h1-2,4-6,8,11,19H,3,7H2,(H,17,20)(H,18,21)/t8-,11+/m0/s1. The minimum atomic E-state index is -1.01. The van der Waals surface area contributed by atoms with Crippen molar-refractivity contribution in [3.8, 4) is 0 Å². The van der Waals surface area contributed by atoms with E-state index in [9.17, 15) is 18.4 Å². The van der Waals surface area contributed by atoms with E-state index in [-0.39, 0.29) is 24.3 Å². The van der Waals surface area contributed by atoms with Gasteiger partial charge in [0.1, 0.15) is 11.6 Å². The molecule has 0 spiro atoms. The molecule has 112 valence electrons. The Labute approximate surface area is 119 Å². The van der Waals surface area contributed by atoms with E-state index < -0.39 is 23.4 Å². The molecule has 0 fully saturated rings. The van der Waals surface area contributed by atoms with Crippen molar-refractivity contribution in [3.63, 3.8) is 0 Å². The summed E-state index contributed by atoms with van der Waals surface area (Å²) in [6.07, 6.45) is 3.95. The molecule has 5 nitrogen and oxygen atoms in total. The molecule has 0 heterocycles. The van der Waals surface area contributed by atoms with Gasteiger partial charge in [0, 0.05) is 30.3 Å². The Hall–Kier alpha value is -2.28. The highest BCUT2D eigenvalue weighted by molar-refractivity contribution is 6.39. The number of carbonyl (C=O) groups excluding carboxylic acids is 2. The molecular weight excluding hydrogens is 282 g/mol. The zero-order valence-corrected chi connectivity index (χ0v) is 11.0. The van der Waals surface area contributed by atoms with Crippen LogP contribution in [0.1, 0.15) is 6.42 Å². The van der Waals surface area contributed by atoms with Crippen LogP contribution in [0, 0.1) is 17.6 Å². The third-order valence-electron chi connectivity index (χ3n) is 3.05. The molecule has 1 aromatic carbocycles. The Bertz CT molecular complexity index is 569. The molecule has 2 amide bonds. The van der Waals surface area contributed by atoms with Crippen LogP contribution in [0.25, 0.3) is 0 Å². The zero-order chi connectivity index (χ0) is 15.4. The lowest BCUT2D eigenvalue weighted by molar-refractivity contribution is -0.136. The van der Waals surface area contributed by atoms with Gasteiger partial charge in [-0.25, -0.2) is 8.78 Å². The van der Waals surface area contributed by atoms with Crippen molar-refractivity contribution < 1.29 is 23.5 Å². The third kappa shape index (κ3) is 4.09. The van der Waals surface area contributed by atoms with E-state index in [4.69, 9.17) is 5.11 Å². The molecule has 2 atom stereocenters. The molecule has 3 N–H and O–H groups in total. The number of aliphatic hydroxyl groups excluding tert-OH is 1. The van der Waals surface area contributed by atoms with Gasteiger partial charge in [-0.2, -0.15) is 0 Å². The molecule has 7 heteroatoms. The summed E-state index contributed by atoms with van der Waals surface area (Å²) in [5, 5.41) is 13.5. The number of hydrogen-bond acceptors (Lipinski definition) is 3. The fourth-order valence-electron chi connectivity index (χ4n) is 2.06. The lowest BCUT2D eigenvalue weighted by Gasteiger charge is -2.12. The molecule has 0 saturated heterocycles. The summed E-state index contributed by atoms with van der Waals surface area (Å²) in [5.74, 6) is -3.67. The number of anilines is 1. The molecule has 0 unspecified atom stereocenters. The van der Waals surface area contributed by atoms with Crippen LogP contribution in [0.3, 0.4) is 0 Å². The average molecular weight is 296 g/mol. The first-order valence-electron chi connectivity index (χ1n) is 6.35. The van der Waals surface area contributed by atoms with Crippen molar-refractivity contribution in [2.45, 2.75) is 12.5 Å². The first-order valence-corrected chi connectivity index (χ1v) is 6.35. The number of benzene rings is 1. The SMILES string of the molecule is O=C(Nc1cc(F)cc(F)c1)C(=O)N[C@@H]1C=C[C@H](CO)C1. The van der Waals surface area contributed by atoms with E-state index in [0.717, 1.165) is 12.1 Å². The highest BCUT2D eigenvalue weighted by Gasteiger charge is 2.23. The average Bonchev–Trinajstić information content (AvgIpc) is 2.85. The molecule has 0 bridgehead atoms. The van der Waals surface area contributed by atoms with E-state index in [1.54, 1.807) is 12.2 Å². The summed E-state index contributed by atoms with van der Waals surface area (Å²) >= 11 is 0. The van der Waals surface area contributed by atoms with Gasteiger partial charge in [0.2, 0.25) is 0 Å². The van der Waals surface area contributed by atoms with Gasteiger partial charge in [-0.1, -0.05) is 12.2 Å². The quantitative estimate of drug-likeness (QED) is 0.574. The zero-order valence-electron chi connectivity index (χ0n) is 11.0. The van der Waals surface area contributed by atoms with Gasteiger partial charge in [0.15, 0.2) is 0 Å². The van der Waals surface area contributed by atoms with Crippen LogP contribution in [0.15, 0.2) is 30.4 Å². The number of aliphatic hydroxyl groups is 1. The van der Waals surface area contributed by atoms with Crippen molar-refractivity contribution in [1.82, 2.24) is 5.32 Å². The Balaban J connectivity index is 1.91. The van der Waals surface area contributed by atoms with E-state index in [1.165, 1.54) is 0 Å². The molecule has 1 aromatic rings. The number of nitrogens with one attached hydrogen (secondary N) is 2.